The smallest absolute Gasteiger partial charge is 0.384 e. The van der Waals surface area contributed by atoms with Crippen LogP contribution in [-0.2, 0) is 29.4 Å². The van der Waals surface area contributed by atoms with Crippen molar-refractivity contribution in [3.8, 4) is 0 Å². The number of aldehydes is 1. The van der Waals surface area contributed by atoms with Crippen molar-refractivity contribution in [3.63, 3.8) is 0 Å². The van der Waals surface area contributed by atoms with Crippen LogP contribution in [0.1, 0.15) is 122 Å². The maximum absolute atomic E-state index is 14.5. The molecule has 506 valence electrons. The number of carbonyl (C=O) groups excluding carboxylic acids is 5. The van der Waals surface area contributed by atoms with Crippen LogP contribution in [0.25, 0.3) is 0 Å². The van der Waals surface area contributed by atoms with Crippen molar-refractivity contribution in [2.75, 3.05) is 107 Å². The molecule has 0 bridgehead atoms. The van der Waals surface area contributed by atoms with Crippen LogP contribution in [-0.4, -0.2) is 182 Å². The number of piperazine rings is 2. The molecule has 0 radical (unpaired) electrons. The zero-order chi connectivity index (χ0) is 66.9. The van der Waals surface area contributed by atoms with Gasteiger partial charge in [0.05, 0.1) is 21.7 Å². The molecule has 5 unspecified atom stereocenters. The molecule has 26 heteroatoms. The van der Waals surface area contributed by atoms with Crippen LogP contribution < -0.4 is 25.6 Å². The highest BCUT2D eigenvalue weighted by molar-refractivity contribution is 7.99. The maximum Gasteiger partial charge on any atom is 0.501 e. The SMILES string of the molecule is CC(CCC(=O)NC=O)N(C)C(=O)c1cccc(NCCCCCN2CCN(CCC(CSc3ccccc3)Nc3ccc(S(=O)(=O)NC(=O)c4ccc(N5CCN(CC6=C(C7CC8(C(F)F)CC78)CC(C)(C)CC6)CC5)cc4)cc3S(=O)(=O)C(F)(F)F)CC2)c1C=O. The second-order valence-corrected chi connectivity index (χ2v) is 31.0. The molecule has 18 nitrogen and oxygen atoms in total. The number of anilines is 3. The Bertz CT molecular complexity index is 3570. The van der Waals surface area contributed by atoms with Crippen LogP contribution in [0.15, 0.2) is 117 Å². The van der Waals surface area contributed by atoms with Gasteiger partial charge in [0.1, 0.15) is 4.90 Å². The van der Waals surface area contributed by atoms with Gasteiger partial charge in [0.25, 0.3) is 31.7 Å². The molecule has 2 saturated carbocycles. The number of imide groups is 1. The first-order chi connectivity index (χ1) is 44.2. The van der Waals surface area contributed by atoms with Crippen LogP contribution in [0, 0.1) is 22.7 Å². The number of hydrogen-bond acceptors (Lipinski definition) is 16. The van der Waals surface area contributed by atoms with Crippen molar-refractivity contribution in [1.82, 2.24) is 29.6 Å². The van der Waals surface area contributed by atoms with Crippen LogP contribution in [0.4, 0.5) is 39.0 Å². The number of sulfonamides is 1. The molecule has 93 heavy (non-hydrogen) atoms. The summed E-state index contributed by atoms with van der Waals surface area (Å²) in [5.41, 5.74) is -2.31. The highest BCUT2D eigenvalue weighted by atomic mass is 32.2. The lowest BCUT2D eigenvalue weighted by Crippen LogP contribution is -2.47. The Morgan fingerprint density at radius 2 is 1.48 bits per heavy atom. The van der Waals surface area contributed by atoms with E-state index >= 15 is 0 Å². The van der Waals surface area contributed by atoms with E-state index in [-0.39, 0.29) is 52.3 Å². The van der Waals surface area contributed by atoms with E-state index in [1.54, 1.807) is 44.3 Å². The van der Waals surface area contributed by atoms with Crippen molar-refractivity contribution >= 4 is 79.1 Å². The van der Waals surface area contributed by atoms with Gasteiger partial charge in [0, 0.05) is 131 Å². The van der Waals surface area contributed by atoms with E-state index in [9.17, 15) is 62.8 Å². The number of alkyl halides is 5. The van der Waals surface area contributed by atoms with Crippen molar-refractivity contribution in [1.29, 1.82) is 0 Å². The van der Waals surface area contributed by atoms with E-state index in [0.29, 0.717) is 95.2 Å². The largest absolute Gasteiger partial charge is 0.501 e. The minimum absolute atomic E-state index is 0.0467. The van der Waals surface area contributed by atoms with Gasteiger partial charge in [-0.1, -0.05) is 55.7 Å². The summed E-state index contributed by atoms with van der Waals surface area (Å²) in [5.74, 6) is -1.22. The van der Waals surface area contributed by atoms with Gasteiger partial charge in [-0.3, -0.25) is 34.2 Å². The molecule has 0 aromatic heterocycles. The normalized spacial score (nSPS) is 21.0. The number of nitrogens with one attached hydrogen (secondary N) is 4. The molecule has 4 amide bonds. The lowest BCUT2D eigenvalue weighted by atomic mass is 9.63. The zero-order valence-electron chi connectivity index (χ0n) is 53.2. The molecular weight excluding hydrogens is 1270 g/mol. The summed E-state index contributed by atoms with van der Waals surface area (Å²) >= 11 is 1.43. The van der Waals surface area contributed by atoms with Crippen molar-refractivity contribution in [2.45, 2.75) is 130 Å². The average Bonchev–Trinajstić information content (AvgIpc) is 1.52. The first-order valence-electron chi connectivity index (χ1n) is 32.0. The number of allylic oxidation sites excluding steroid dienone is 1. The number of halogens is 5. The fraction of sp³-hybridized carbons (Fsp3) is 0.537. The number of nitrogens with zero attached hydrogens (tertiary/aromatic N) is 5. The van der Waals surface area contributed by atoms with E-state index in [0.717, 1.165) is 101 Å². The van der Waals surface area contributed by atoms with Crippen molar-refractivity contribution in [2.24, 2.45) is 22.7 Å². The quantitative estimate of drug-likeness (QED) is 0.0121. The van der Waals surface area contributed by atoms with Crippen molar-refractivity contribution < 1.29 is 62.8 Å². The van der Waals surface area contributed by atoms with Crippen LogP contribution in [0.5, 0.6) is 0 Å². The van der Waals surface area contributed by atoms with Crippen LogP contribution in [0.2, 0.25) is 0 Å². The van der Waals surface area contributed by atoms with Gasteiger partial charge in [-0.15, -0.1) is 11.8 Å². The fourth-order valence-corrected chi connectivity index (χ4v) is 16.5. The van der Waals surface area contributed by atoms with Crippen LogP contribution in [0.3, 0.4) is 0 Å². The number of carbonyl (C=O) groups is 5. The van der Waals surface area contributed by atoms with Gasteiger partial charge < -0.3 is 30.2 Å². The highest BCUT2D eigenvalue weighted by Crippen LogP contribution is 2.76. The molecule has 0 spiro atoms. The summed E-state index contributed by atoms with van der Waals surface area (Å²) < 4.78 is 128. The Balaban J connectivity index is 0.761. The Morgan fingerprint density at radius 3 is 2.13 bits per heavy atom. The molecule has 4 aromatic carbocycles. The number of thioether (sulfide) groups is 1. The third kappa shape index (κ3) is 17.5. The molecular formula is C67H86F5N9O9S3. The fourth-order valence-electron chi connectivity index (χ4n) is 13.5. The van der Waals surface area contributed by atoms with Crippen molar-refractivity contribution in [3.05, 3.63) is 119 Å². The zero-order valence-corrected chi connectivity index (χ0v) is 55.6. The Morgan fingerprint density at radius 1 is 0.796 bits per heavy atom. The minimum atomic E-state index is -6.15. The average molecular weight is 1350 g/mol. The third-order valence-corrected chi connectivity index (χ3v) is 23.5. The number of unbranched alkanes of at least 4 members (excludes halogenated alkanes) is 2. The second kappa shape index (κ2) is 30.5. The molecule has 4 aromatic rings. The third-order valence-electron chi connectivity index (χ3n) is 19.5. The summed E-state index contributed by atoms with van der Waals surface area (Å²) in [5, 5.41) is 8.43. The summed E-state index contributed by atoms with van der Waals surface area (Å²) in [6.07, 6.45) is 6.22. The molecule has 2 saturated heterocycles. The second-order valence-electron chi connectivity index (χ2n) is 26.3. The van der Waals surface area contributed by atoms with Gasteiger partial charge in [-0.25, -0.2) is 30.3 Å². The first-order valence-corrected chi connectivity index (χ1v) is 36.0. The standard InChI is InChI=1S/C67H86F5N9O9S3/c1-46(16-23-61(84)74-45-83)77(4)63(86)53-14-11-15-58(56(53)43-82)73-27-9-6-10-28-78-30-32-79(33-31-78)29-25-49(44-91-51-12-7-5-8-13-51)75-59-22-21-52(38-60(59)92(87,88)67(70,71)72)93(89,90)76-62(85)47-17-19-50(20-18-47)81-36-34-80(35-37-81)42-48-24-26-65(2,3)39-54(48)55-40-66(64(68)69)41-57(55)66/h5,7-8,11-15,17-22,38,43,45-46,49,55,57,64,73,75H,6,9-10,16,23-37,39-42,44H2,1-4H3,(H,76,85)(H,74,83,84). The number of sulfone groups is 1. The summed E-state index contributed by atoms with van der Waals surface area (Å²) in [6.45, 7) is 14.8. The number of fused-ring (bicyclic) bond motifs is 1. The predicted octanol–water partition coefficient (Wildman–Crippen LogP) is 10.2. The molecule has 5 atom stereocenters. The van der Waals surface area contributed by atoms with Gasteiger partial charge in [-0.2, -0.15) is 13.2 Å². The Hall–Kier alpha value is -6.45. The summed E-state index contributed by atoms with van der Waals surface area (Å²) in [6, 6.07) is 22.1. The van der Waals surface area contributed by atoms with E-state index in [1.165, 1.54) is 39.9 Å². The monoisotopic (exact) mass is 1350 g/mol. The van der Waals surface area contributed by atoms with E-state index in [1.807, 2.05) is 35.1 Å². The van der Waals surface area contributed by atoms with E-state index in [2.05, 4.69) is 49.4 Å². The Labute approximate surface area is 547 Å². The minimum Gasteiger partial charge on any atom is -0.384 e. The first kappa shape index (κ1) is 70.9. The van der Waals surface area contributed by atoms with Crippen LogP contribution >= 0.6 is 11.8 Å². The molecule has 4 fully saturated rings. The topological polar surface area (TPSA) is 218 Å². The van der Waals surface area contributed by atoms with Gasteiger partial charge in [0.2, 0.25) is 18.7 Å². The maximum atomic E-state index is 14.5. The van der Waals surface area contributed by atoms with E-state index < -0.39 is 70.5 Å². The summed E-state index contributed by atoms with van der Waals surface area (Å²) in [7, 11) is -9.48. The van der Waals surface area contributed by atoms with Gasteiger partial charge in [0.15, 0.2) is 6.29 Å². The van der Waals surface area contributed by atoms with Gasteiger partial charge >= 0.3 is 5.51 Å². The van der Waals surface area contributed by atoms with Gasteiger partial charge in [-0.05, 0) is 155 Å². The lowest BCUT2D eigenvalue weighted by Gasteiger charge is -2.44. The number of rotatable bonds is 31. The lowest BCUT2D eigenvalue weighted by molar-refractivity contribution is -0.125. The highest BCUT2D eigenvalue weighted by Gasteiger charge is 2.72. The molecule has 9 rings (SSSR count). The number of amides is 4. The number of hydrogen-bond donors (Lipinski definition) is 4. The molecule has 5 aliphatic rings. The summed E-state index contributed by atoms with van der Waals surface area (Å²) in [4.78, 5) is 70.9. The molecule has 4 N–H and O–H groups in total. The Kier molecular flexibility index (Phi) is 23.3. The predicted molar refractivity (Wildman–Crippen MR) is 350 cm³/mol. The van der Waals surface area contributed by atoms with E-state index in [4.69, 9.17) is 0 Å². The molecule has 2 aliphatic heterocycles. The number of benzene rings is 4. The molecule has 2 heterocycles. The molecule has 3 aliphatic carbocycles.